The second-order valence-electron chi connectivity index (χ2n) is 4.68. The Morgan fingerprint density at radius 1 is 1.26 bits per heavy atom. The van der Waals surface area contributed by atoms with Crippen LogP contribution in [0.3, 0.4) is 0 Å². The molecule has 1 amide bonds. The molecular weight excluding hydrogens is 306 g/mol. The smallest absolute Gasteiger partial charge is 0.252 e. The van der Waals surface area contributed by atoms with Crippen LogP contribution in [0.4, 0.5) is 0 Å². The summed E-state index contributed by atoms with van der Waals surface area (Å²) in [6, 6.07) is 11.8. The van der Waals surface area contributed by atoms with E-state index in [2.05, 4.69) is 21.2 Å². The Bertz CT molecular complexity index is 615. The molecule has 1 atom stereocenters. The van der Waals surface area contributed by atoms with Gasteiger partial charge in [-0.1, -0.05) is 40.2 Å². The Kier molecular flexibility index (Phi) is 3.53. The van der Waals surface area contributed by atoms with Gasteiger partial charge in [-0.05, 0) is 23.9 Å². The Morgan fingerprint density at radius 3 is 2.79 bits per heavy atom. The van der Waals surface area contributed by atoms with Gasteiger partial charge in [0.2, 0.25) is 0 Å². The summed E-state index contributed by atoms with van der Waals surface area (Å²) in [5, 5.41) is 5.05. The molecule has 19 heavy (non-hydrogen) atoms. The third-order valence-corrected chi connectivity index (χ3v) is 4.02. The number of carbonyl (C=O) groups is 1. The molecule has 0 aromatic heterocycles. The van der Waals surface area contributed by atoms with Crippen LogP contribution in [-0.4, -0.2) is 25.2 Å². The fraction of sp³-hybridized carbons (Fsp3) is 0.267. The molecule has 0 radical (unpaired) electrons. The third kappa shape index (κ3) is 2.51. The molecule has 1 aliphatic rings. The molecule has 2 aromatic rings. The summed E-state index contributed by atoms with van der Waals surface area (Å²) in [6.45, 7) is 1.34. The fourth-order valence-corrected chi connectivity index (χ4v) is 2.99. The Balaban J connectivity index is 1.97. The molecule has 0 spiro atoms. The van der Waals surface area contributed by atoms with Crippen molar-refractivity contribution in [2.75, 3.05) is 13.2 Å². The van der Waals surface area contributed by atoms with Gasteiger partial charge >= 0.3 is 0 Å². The number of fused-ring (bicyclic) bond motifs is 1. The molecule has 1 N–H and O–H groups in total. The van der Waals surface area contributed by atoms with Crippen LogP contribution >= 0.6 is 15.9 Å². The number of benzene rings is 2. The van der Waals surface area contributed by atoms with E-state index < -0.39 is 0 Å². The lowest BCUT2D eigenvalue weighted by Gasteiger charge is -2.13. The van der Waals surface area contributed by atoms with Gasteiger partial charge in [0, 0.05) is 22.0 Å². The number of ether oxygens (including phenoxy) is 1. The van der Waals surface area contributed by atoms with Crippen molar-refractivity contribution in [1.29, 1.82) is 0 Å². The van der Waals surface area contributed by atoms with Crippen LogP contribution in [0, 0.1) is 0 Å². The number of amides is 1. The van der Waals surface area contributed by atoms with E-state index >= 15 is 0 Å². The zero-order valence-corrected chi connectivity index (χ0v) is 11.9. The summed E-state index contributed by atoms with van der Waals surface area (Å²) >= 11 is 3.52. The molecule has 4 heteroatoms. The average molecular weight is 320 g/mol. The predicted octanol–water partition coefficient (Wildman–Crippen LogP) is 3.12. The lowest BCUT2D eigenvalue weighted by molar-refractivity contribution is 0.0931. The number of nitrogens with one attached hydrogen (secondary N) is 1. The van der Waals surface area contributed by atoms with Gasteiger partial charge in [-0.2, -0.15) is 0 Å². The third-order valence-electron chi connectivity index (χ3n) is 3.36. The lowest BCUT2D eigenvalue weighted by atomic mass is 10.0. The minimum Gasteiger partial charge on any atom is -0.379 e. The summed E-state index contributed by atoms with van der Waals surface area (Å²) in [7, 11) is 0. The molecule has 1 aliphatic heterocycles. The van der Waals surface area contributed by atoms with Gasteiger partial charge < -0.3 is 10.1 Å². The van der Waals surface area contributed by atoms with Gasteiger partial charge in [-0.15, -0.1) is 0 Å². The van der Waals surface area contributed by atoms with Crippen LogP contribution in [0.15, 0.2) is 40.9 Å². The summed E-state index contributed by atoms with van der Waals surface area (Å²) in [5.41, 5.74) is 0.705. The highest BCUT2D eigenvalue weighted by molar-refractivity contribution is 9.10. The molecule has 1 fully saturated rings. The topological polar surface area (TPSA) is 38.3 Å². The number of hydrogen-bond acceptors (Lipinski definition) is 2. The zero-order valence-electron chi connectivity index (χ0n) is 10.4. The predicted molar refractivity (Wildman–Crippen MR) is 78.3 cm³/mol. The van der Waals surface area contributed by atoms with Crippen LogP contribution < -0.4 is 5.32 Å². The maximum Gasteiger partial charge on any atom is 0.252 e. The second kappa shape index (κ2) is 5.31. The number of hydrogen-bond donors (Lipinski definition) is 1. The van der Waals surface area contributed by atoms with E-state index in [4.69, 9.17) is 4.74 Å². The minimum absolute atomic E-state index is 0.0343. The quantitative estimate of drug-likeness (QED) is 0.923. The molecule has 1 saturated heterocycles. The minimum atomic E-state index is -0.0343. The van der Waals surface area contributed by atoms with E-state index in [1.54, 1.807) is 0 Å². The van der Waals surface area contributed by atoms with Gasteiger partial charge in [0.25, 0.3) is 5.91 Å². The molecular formula is C15H14BrNO2. The monoisotopic (exact) mass is 319 g/mol. The number of halogens is 1. The van der Waals surface area contributed by atoms with E-state index in [1.165, 1.54) is 0 Å². The van der Waals surface area contributed by atoms with Crippen molar-refractivity contribution in [1.82, 2.24) is 5.32 Å². The fourth-order valence-electron chi connectivity index (χ4n) is 2.40. The first-order valence-corrected chi connectivity index (χ1v) is 7.11. The Hall–Kier alpha value is -1.39. The molecule has 1 unspecified atom stereocenters. The van der Waals surface area contributed by atoms with Crippen molar-refractivity contribution in [3.8, 4) is 0 Å². The number of rotatable bonds is 2. The molecule has 3 rings (SSSR count). The molecule has 0 saturated carbocycles. The van der Waals surface area contributed by atoms with E-state index in [0.29, 0.717) is 12.2 Å². The number of carbonyl (C=O) groups excluding carboxylic acids is 1. The maximum atomic E-state index is 12.4. The van der Waals surface area contributed by atoms with E-state index in [-0.39, 0.29) is 11.9 Å². The Morgan fingerprint density at radius 2 is 2.05 bits per heavy atom. The first kappa shape index (κ1) is 12.6. The summed E-state index contributed by atoms with van der Waals surface area (Å²) in [6.07, 6.45) is 0.887. The van der Waals surface area contributed by atoms with Gasteiger partial charge in [-0.25, -0.2) is 0 Å². The van der Waals surface area contributed by atoms with Crippen molar-refractivity contribution in [2.45, 2.75) is 12.5 Å². The SMILES string of the molecule is O=C(NC1CCOC1)c1cccc2cccc(Br)c12. The van der Waals surface area contributed by atoms with Crippen LogP contribution in [0.5, 0.6) is 0 Å². The van der Waals surface area contributed by atoms with Gasteiger partial charge in [0.1, 0.15) is 0 Å². The molecule has 0 aliphatic carbocycles. The molecule has 3 nitrogen and oxygen atoms in total. The largest absolute Gasteiger partial charge is 0.379 e. The molecule has 1 heterocycles. The van der Waals surface area contributed by atoms with Crippen LogP contribution in [0.25, 0.3) is 10.8 Å². The van der Waals surface area contributed by atoms with Crippen molar-refractivity contribution >= 4 is 32.6 Å². The van der Waals surface area contributed by atoms with Gasteiger partial charge in [0.15, 0.2) is 0 Å². The van der Waals surface area contributed by atoms with Crippen molar-refractivity contribution in [3.05, 3.63) is 46.4 Å². The highest BCUT2D eigenvalue weighted by atomic mass is 79.9. The highest BCUT2D eigenvalue weighted by Crippen LogP contribution is 2.27. The lowest BCUT2D eigenvalue weighted by Crippen LogP contribution is -2.35. The Labute approximate surface area is 120 Å². The normalized spacial score (nSPS) is 18.7. The van der Waals surface area contributed by atoms with Crippen LogP contribution in [-0.2, 0) is 4.74 Å². The van der Waals surface area contributed by atoms with Crippen molar-refractivity contribution < 1.29 is 9.53 Å². The maximum absolute atomic E-state index is 12.4. The first-order valence-electron chi connectivity index (χ1n) is 6.31. The zero-order chi connectivity index (χ0) is 13.2. The summed E-state index contributed by atoms with van der Waals surface area (Å²) < 4.78 is 6.22. The summed E-state index contributed by atoms with van der Waals surface area (Å²) in [4.78, 5) is 12.4. The standard InChI is InChI=1S/C15H14BrNO2/c16-13-6-2-4-10-3-1-5-12(14(10)13)15(18)17-11-7-8-19-9-11/h1-6,11H,7-9H2,(H,17,18). The molecule has 0 bridgehead atoms. The highest BCUT2D eigenvalue weighted by Gasteiger charge is 2.20. The van der Waals surface area contributed by atoms with Gasteiger partial charge in [-0.3, -0.25) is 4.79 Å². The second-order valence-corrected chi connectivity index (χ2v) is 5.53. The van der Waals surface area contributed by atoms with Crippen molar-refractivity contribution in [2.24, 2.45) is 0 Å². The summed E-state index contributed by atoms with van der Waals surface area (Å²) in [5.74, 6) is -0.0343. The van der Waals surface area contributed by atoms with Crippen LogP contribution in [0.2, 0.25) is 0 Å². The van der Waals surface area contributed by atoms with E-state index in [1.807, 2.05) is 36.4 Å². The first-order chi connectivity index (χ1) is 9.25. The van der Waals surface area contributed by atoms with Crippen LogP contribution in [0.1, 0.15) is 16.8 Å². The molecule has 98 valence electrons. The van der Waals surface area contributed by atoms with E-state index in [0.717, 1.165) is 28.3 Å². The average Bonchev–Trinajstić information content (AvgIpc) is 2.91. The van der Waals surface area contributed by atoms with Gasteiger partial charge in [0.05, 0.1) is 12.6 Å². The molecule has 2 aromatic carbocycles. The van der Waals surface area contributed by atoms with E-state index in [9.17, 15) is 4.79 Å². The van der Waals surface area contributed by atoms with Crippen molar-refractivity contribution in [3.63, 3.8) is 0 Å².